The first kappa shape index (κ1) is 8.18. The summed E-state index contributed by atoms with van der Waals surface area (Å²) in [5.74, 6) is 0. The fraction of sp³-hybridized carbons (Fsp3) is 0. The van der Waals surface area contributed by atoms with Gasteiger partial charge < -0.3 is 4.98 Å². The smallest absolute Gasteiger partial charge is 0.313 e. The number of carbonyl (C=O) groups excluding carboxylic acids is 1. The summed E-state index contributed by atoms with van der Waals surface area (Å²) in [4.78, 5) is 28.2. The maximum atomic E-state index is 11.3. The number of fused-ring (bicyclic) bond motifs is 1. The van der Waals surface area contributed by atoms with Crippen LogP contribution in [0.5, 0.6) is 0 Å². The number of aromatic amines is 1. The van der Waals surface area contributed by atoms with Crippen LogP contribution in [0, 0.1) is 0 Å². The number of rotatable bonds is 1. The fourth-order valence-electron chi connectivity index (χ4n) is 1.08. The topological polar surface area (TPSA) is 67.2 Å². The summed E-state index contributed by atoms with van der Waals surface area (Å²) in [5.41, 5.74) is 0.293. The van der Waals surface area contributed by atoms with Crippen LogP contribution in [-0.4, -0.2) is 20.7 Å². The number of aromatic nitrogens is 3. The SMILES string of the molecule is O=Cc1cnc2c(Br)c[nH]c(=O)n12. The molecule has 2 aromatic heterocycles. The molecule has 0 bridgehead atoms. The third-order valence-electron chi connectivity index (χ3n) is 1.65. The van der Waals surface area contributed by atoms with Gasteiger partial charge in [-0.25, -0.2) is 14.2 Å². The highest BCUT2D eigenvalue weighted by atomic mass is 79.9. The van der Waals surface area contributed by atoms with Crippen molar-refractivity contribution in [3.05, 3.63) is 33.0 Å². The minimum atomic E-state index is -0.377. The molecule has 6 heteroatoms. The third kappa shape index (κ3) is 1.10. The summed E-state index contributed by atoms with van der Waals surface area (Å²) in [5, 5.41) is 0. The summed E-state index contributed by atoms with van der Waals surface area (Å²) < 4.78 is 1.84. The van der Waals surface area contributed by atoms with Gasteiger partial charge in [0.1, 0.15) is 5.69 Å². The molecule has 0 fully saturated rings. The van der Waals surface area contributed by atoms with Crippen LogP contribution in [0.2, 0.25) is 0 Å². The van der Waals surface area contributed by atoms with Gasteiger partial charge >= 0.3 is 5.69 Å². The number of aldehydes is 1. The van der Waals surface area contributed by atoms with Gasteiger partial charge in [-0.2, -0.15) is 0 Å². The molecule has 0 saturated heterocycles. The second-order valence-electron chi connectivity index (χ2n) is 2.40. The predicted octanol–water partition coefficient (Wildman–Crippen LogP) is 0.598. The highest BCUT2D eigenvalue weighted by molar-refractivity contribution is 9.10. The fourth-order valence-corrected chi connectivity index (χ4v) is 1.48. The number of imidazole rings is 1. The summed E-state index contributed by atoms with van der Waals surface area (Å²) in [6.45, 7) is 0. The number of hydrogen-bond donors (Lipinski definition) is 1. The maximum absolute atomic E-state index is 11.3. The number of hydrogen-bond acceptors (Lipinski definition) is 3. The summed E-state index contributed by atoms with van der Waals surface area (Å²) in [7, 11) is 0. The molecule has 0 saturated carbocycles. The normalized spacial score (nSPS) is 10.5. The van der Waals surface area contributed by atoms with Crippen LogP contribution in [-0.2, 0) is 0 Å². The average molecular weight is 242 g/mol. The average Bonchev–Trinajstić information content (AvgIpc) is 2.56. The van der Waals surface area contributed by atoms with Crippen molar-refractivity contribution in [2.75, 3.05) is 0 Å². The minimum Gasteiger partial charge on any atom is -0.313 e. The Morgan fingerprint density at radius 1 is 1.62 bits per heavy atom. The van der Waals surface area contributed by atoms with Crippen molar-refractivity contribution in [1.82, 2.24) is 14.4 Å². The number of carbonyl (C=O) groups is 1. The monoisotopic (exact) mass is 241 g/mol. The van der Waals surface area contributed by atoms with E-state index in [0.29, 0.717) is 16.4 Å². The lowest BCUT2D eigenvalue weighted by atomic mass is 10.5. The molecule has 1 N–H and O–H groups in total. The van der Waals surface area contributed by atoms with Crippen LogP contribution in [0.25, 0.3) is 5.65 Å². The third-order valence-corrected chi connectivity index (χ3v) is 2.23. The van der Waals surface area contributed by atoms with Gasteiger partial charge in [0.15, 0.2) is 11.9 Å². The zero-order valence-electron chi connectivity index (χ0n) is 6.32. The lowest BCUT2D eigenvalue weighted by molar-refractivity contribution is 0.111. The Morgan fingerprint density at radius 3 is 3.08 bits per heavy atom. The van der Waals surface area contributed by atoms with E-state index in [1.807, 2.05) is 0 Å². The first-order chi connectivity index (χ1) is 6.24. The van der Waals surface area contributed by atoms with E-state index in [1.54, 1.807) is 0 Å². The lowest BCUT2D eigenvalue weighted by Crippen LogP contribution is -2.17. The maximum Gasteiger partial charge on any atom is 0.331 e. The molecule has 2 aromatic rings. The van der Waals surface area contributed by atoms with Gasteiger partial charge in [0.25, 0.3) is 0 Å². The van der Waals surface area contributed by atoms with Gasteiger partial charge in [0.2, 0.25) is 0 Å². The molecule has 0 radical (unpaired) electrons. The van der Waals surface area contributed by atoms with Gasteiger partial charge in [-0.15, -0.1) is 0 Å². The molecular formula is C7H4BrN3O2. The molecule has 0 aliphatic carbocycles. The molecule has 0 aliphatic rings. The van der Waals surface area contributed by atoms with Crippen molar-refractivity contribution in [3.63, 3.8) is 0 Å². The highest BCUT2D eigenvalue weighted by Gasteiger charge is 2.07. The molecule has 0 unspecified atom stereocenters. The van der Waals surface area contributed by atoms with Crippen molar-refractivity contribution < 1.29 is 4.79 Å². The summed E-state index contributed by atoms with van der Waals surface area (Å²) in [6, 6.07) is 0. The molecule has 0 atom stereocenters. The largest absolute Gasteiger partial charge is 0.331 e. The molecule has 0 spiro atoms. The molecule has 66 valence electrons. The Morgan fingerprint density at radius 2 is 2.38 bits per heavy atom. The van der Waals surface area contributed by atoms with Crippen LogP contribution < -0.4 is 5.69 Å². The van der Waals surface area contributed by atoms with Crippen molar-refractivity contribution >= 4 is 27.9 Å². The van der Waals surface area contributed by atoms with Crippen molar-refractivity contribution in [2.24, 2.45) is 0 Å². The van der Waals surface area contributed by atoms with Crippen molar-refractivity contribution in [3.8, 4) is 0 Å². The van der Waals surface area contributed by atoms with Crippen LogP contribution >= 0.6 is 15.9 Å². The van der Waals surface area contributed by atoms with E-state index >= 15 is 0 Å². The predicted molar refractivity (Wildman–Crippen MR) is 48.9 cm³/mol. The molecule has 13 heavy (non-hydrogen) atoms. The second kappa shape index (κ2) is 2.81. The minimum absolute atomic E-state index is 0.234. The second-order valence-corrected chi connectivity index (χ2v) is 3.26. The molecule has 0 aliphatic heterocycles. The van der Waals surface area contributed by atoms with E-state index in [2.05, 4.69) is 25.9 Å². The number of H-pyrrole nitrogens is 1. The standard InChI is InChI=1S/C7H4BrN3O2/c8-5-2-10-7(13)11-4(3-12)1-9-6(5)11/h1-3H,(H,10,13). The van der Waals surface area contributed by atoms with Crippen LogP contribution in [0.4, 0.5) is 0 Å². The quantitative estimate of drug-likeness (QED) is 0.744. The van der Waals surface area contributed by atoms with Gasteiger partial charge in [-0.05, 0) is 15.9 Å². The molecule has 2 rings (SSSR count). The first-order valence-corrected chi connectivity index (χ1v) is 4.23. The Kier molecular flexibility index (Phi) is 1.77. The number of nitrogens with zero attached hydrogens (tertiary/aromatic N) is 2. The number of nitrogens with one attached hydrogen (secondary N) is 1. The van der Waals surface area contributed by atoms with Crippen molar-refractivity contribution in [1.29, 1.82) is 0 Å². The van der Waals surface area contributed by atoms with E-state index in [0.717, 1.165) is 0 Å². The Hall–Kier alpha value is -1.43. The summed E-state index contributed by atoms with van der Waals surface area (Å²) in [6.07, 6.45) is 3.42. The lowest BCUT2D eigenvalue weighted by Gasteiger charge is -1.94. The van der Waals surface area contributed by atoms with Gasteiger partial charge in [0.05, 0.1) is 10.7 Å². The zero-order valence-corrected chi connectivity index (χ0v) is 7.91. The van der Waals surface area contributed by atoms with Gasteiger partial charge in [-0.1, -0.05) is 0 Å². The molecule has 0 aromatic carbocycles. The molecule has 0 amide bonds. The highest BCUT2D eigenvalue weighted by Crippen LogP contribution is 2.13. The molecule has 5 nitrogen and oxygen atoms in total. The summed E-state index contributed by atoms with van der Waals surface area (Å²) >= 11 is 3.20. The Bertz CT molecular complexity index is 528. The van der Waals surface area contributed by atoms with Crippen LogP contribution in [0.1, 0.15) is 10.5 Å². The van der Waals surface area contributed by atoms with E-state index in [4.69, 9.17) is 0 Å². The number of halogens is 1. The van der Waals surface area contributed by atoms with Gasteiger partial charge in [-0.3, -0.25) is 4.79 Å². The zero-order chi connectivity index (χ0) is 9.42. The van der Waals surface area contributed by atoms with Gasteiger partial charge in [0, 0.05) is 6.20 Å². The van der Waals surface area contributed by atoms with E-state index in [-0.39, 0.29) is 11.4 Å². The first-order valence-electron chi connectivity index (χ1n) is 3.44. The van der Waals surface area contributed by atoms with Crippen LogP contribution in [0.3, 0.4) is 0 Å². The Labute approximate surface area is 80.5 Å². The van der Waals surface area contributed by atoms with E-state index in [1.165, 1.54) is 16.8 Å². The van der Waals surface area contributed by atoms with Crippen molar-refractivity contribution in [2.45, 2.75) is 0 Å². The Balaban J connectivity index is 3.04. The van der Waals surface area contributed by atoms with E-state index in [9.17, 15) is 9.59 Å². The van der Waals surface area contributed by atoms with Crippen LogP contribution in [0.15, 0.2) is 21.7 Å². The molecular weight excluding hydrogens is 238 g/mol. The van der Waals surface area contributed by atoms with E-state index < -0.39 is 0 Å². The molecule has 2 heterocycles.